The smallest absolute Gasteiger partial charge is 0.220 e. The molecule has 1 aromatic carbocycles. The molecule has 0 aliphatic carbocycles. The molecule has 0 radical (unpaired) electrons. The number of nitrogens with one attached hydrogen (secondary N) is 1. The zero-order chi connectivity index (χ0) is 14.6. The monoisotopic (exact) mass is 281 g/mol. The van der Waals surface area contributed by atoms with E-state index in [0.717, 1.165) is 5.75 Å². The predicted molar refractivity (Wildman–Crippen MR) is 76.7 cm³/mol. The highest BCUT2D eigenvalue weighted by Gasteiger charge is 2.11. The molecule has 20 heavy (non-hydrogen) atoms. The molecule has 0 saturated carbocycles. The lowest BCUT2D eigenvalue weighted by atomic mass is 10.2. The lowest BCUT2D eigenvalue weighted by Gasteiger charge is -2.16. The number of methoxy groups -OCH3 is 1. The van der Waals surface area contributed by atoms with E-state index in [1.165, 1.54) is 0 Å². The van der Waals surface area contributed by atoms with E-state index >= 15 is 0 Å². The number of ether oxygens (including phenoxy) is 2. The molecule has 2 N–H and O–H groups in total. The van der Waals surface area contributed by atoms with Crippen molar-refractivity contribution in [3.8, 4) is 5.75 Å². The van der Waals surface area contributed by atoms with Gasteiger partial charge in [0.25, 0.3) is 0 Å². The van der Waals surface area contributed by atoms with Crippen LogP contribution in [0.1, 0.15) is 19.3 Å². The second kappa shape index (κ2) is 10.2. The topological polar surface area (TPSA) is 67.8 Å². The van der Waals surface area contributed by atoms with Crippen LogP contribution in [-0.2, 0) is 9.53 Å². The number of carbonyl (C=O) groups is 1. The Morgan fingerprint density at radius 1 is 1.35 bits per heavy atom. The van der Waals surface area contributed by atoms with Crippen LogP contribution in [0.15, 0.2) is 30.3 Å². The SMILES string of the molecule is COCC(CCO)NC(=O)CCCOc1ccccc1. The van der Waals surface area contributed by atoms with Gasteiger partial charge in [-0.1, -0.05) is 18.2 Å². The molecule has 0 saturated heterocycles. The third kappa shape index (κ3) is 7.11. The van der Waals surface area contributed by atoms with Crippen LogP contribution in [0.3, 0.4) is 0 Å². The molecule has 5 heteroatoms. The summed E-state index contributed by atoms with van der Waals surface area (Å²) in [5.74, 6) is 0.766. The van der Waals surface area contributed by atoms with Gasteiger partial charge in [-0.3, -0.25) is 4.79 Å². The number of aliphatic hydroxyl groups is 1. The number of hydrogen-bond donors (Lipinski definition) is 2. The van der Waals surface area contributed by atoms with Gasteiger partial charge in [0.15, 0.2) is 0 Å². The molecule has 0 aromatic heterocycles. The highest BCUT2D eigenvalue weighted by molar-refractivity contribution is 5.76. The van der Waals surface area contributed by atoms with Gasteiger partial charge in [0.2, 0.25) is 5.91 Å². The standard InChI is InChI=1S/C15H23NO4/c1-19-12-13(9-10-17)16-15(18)8-5-11-20-14-6-3-2-4-7-14/h2-4,6-7,13,17H,5,8-12H2,1H3,(H,16,18). The largest absolute Gasteiger partial charge is 0.494 e. The minimum Gasteiger partial charge on any atom is -0.494 e. The number of para-hydroxylation sites is 1. The Morgan fingerprint density at radius 2 is 2.10 bits per heavy atom. The average molecular weight is 281 g/mol. The van der Waals surface area contributed by atoms with Gasteiger partial charge in [0.1, 0.15) is 5.75 Å². The number of aliphatic hydroxyl groups excluding tert-OH is 1. The second-order valence-corrected chi connectivity index (χ2v) is 4.50. The van der Waals surface area contributed by atoms with Crippen LogP contribution in [-0.4, -0.2) is 44.0 Å². The molecule has 1 amide bonds. The van der Waals surface area contributed by atoms with E-state index in [9.17, 15) is 4.79 Å². The van der Waals surface area contributed by atoms with Crippen molar-refractivity contribution in [3.05, 3.63) is 30.3 Å². The summed E-state index contributed by atoms with van der Waals surface area (Å²) in [4.78, 5) is 11.7. The van der Waals surface area contributed by atoms with E-state index in [0.29, 0.717) is 32.5 Å². The lowest BCUT2D eigenvalue weighted by Crippen LogP contribution is -2.38. The fraction of sp³-hybridized carbons (Fsp3) is 0.533. The maximum atomic E-state index is 11.7. The van der Waals surface area contributed by atoms with Gasteiger partial charge in [-0.15, -0.1) is 0 Å². The zero-order valence-corrected chi connectivity index (χ0v) is 11.9. The van der Waals surface area contributed by atoms with E-state index < -0.39 is 0 Å². The molecule has 1 unspecified atom stereocenters. The van der Waals surface area contributed by atoms with Crippen LogP contribution in [0.5, 0.6) is 5.75 Å². The first-order valence-electron chi connectivity index (χ1n) is 6.83. The van der Waals surface area contributed by atoms with E-state index in [-0.39, 0.29) is 18.6 Å². The summed E-state index contributed by atoms with van der Waals surface area (Å²) < 4.78 is 10.5. The van der Waals surface area contributed by atoms with Gasteiger partial charge in [0, 0.05) is 20.1 Å². The first-order valence-corrected chi connectivity index (χ1v) is 6.83. The maximum absolute atomic E-state index is 11.7. The van der Waals surface area contributed by atoms with Crippen molar-refractivity contribution in [1.29, 1.82) is 0 Å². The van der Waals surface area contributed by atoms with Crippen molar-refractivity contribution in [3.63, 3.8) is 0 Å². The molecule has 0 fully saturated rings. The Morgan fingerprint density at radius 3 is 2.75 bits per heavy atom. The fourth-order valence-corrected chi connectivity index (χ4v) is 1.79. The van der Waals surface area contributed by atoms with Crippen LogP contribution < -0.4 is 10.1 Å². The molecule has 0 heterocycles. The van der Waals surface area contributed by atoms with Crippen molar-refractivity contribution >= 4 is 5.91 Å². The Bertz CT molecular complexity index is 363. The molecule has 1 atom stereocenters. The zero-order valence-electron chi connectivity index (χ0n) is 11.9. The minimum absolute atomic E-state index is 0.0332. The Balaban J connectivity index is 2.15. The van der Waals surface area contributed by atoms with Crippen LogP contribution in [0.4, 0.5) is 0 Å². The summed E-state index contributed by atoms with van der Waals surface area (Å²) >= 11 is 0. The Kier molecular flexibility index (Phi) is 8.42. The summed E-state index contributed by atoms with van der Waals surface area (Å²) in [7, 11) is 1.57. The van der Waals surface area contributed by atoms with E-state index in [1.807, 2.05) is 30.3 Å². The van der Waals surface area contributed by atoms with Crippen LogP contribution in [0.25, 0.3) is 0 Å². The number of rotatable bonds is 10. The molecule has 0 aliphatic rings. The van der Waals surface area contributed by atoms with E-state index in [4.69, 9.17) is 14.6 Å². The summed E-state index contributed by atoms with van der Waals surface area (Å²) in [6.07, 6.45) is 1.55. The van der Waals surface area contributed by atoms with E-state index in [1.54, 1.807) is 7.11 Å². The molecular weight excluding hydrogens is 258 g/mol. The van der Waals surface area contributed by atoms with Crippen molar-refractivity contribution in [1.82, 2.24) is 5.32 Å². The number of hydrogen-bond acceptors (Lipinski definition) is 4. The fourth-order valence-electron chi connectivity index (χ4n) is 1.79. The summed E-state index contributed by atoms with van der Waals surface area (Å²) in [6.45, 7) is 0.949. The average Bonchev–Trinajstić information content (AvgIpc) is 2.45. The van der Waals surface area contributed by atoms with Gasteiger partial charge >= 0.3 is 0 Å². The van der Waals surface area contributed by atoms with Crippen LogP contribution >= 0.6 is 0 Å². The second-order valence-electron chi connectivity index (χ2n) is 4.50. The van der Waals surface area contributed by atoms with Gasteiger partial charge < -0.3 is 19.9 Å². The summed E-state index contributed by atoms with van der Waals surface area (Å²) in [5.41, 5.74) is 0. The van der Waals surface area contributed by atoms with Crippen LogP contribution in [0.2, 0.25) is 0 Å². The molecule has 5 nitrogen and oxygen atoms in total. The van der Waals surface area contributed by atoms with Gasteiger partial charge in [-0.2, -0.15) is 0 Å². The normalized spacial score (nSPS) is 11.9. The minimum atomic E-state index is -0.132. The molecule has 0 aliphatic heterocycles. The van der Waals surface area contributed by atoms with Crippen molar-refractivity contribution in [2.45, 2.75) is 25.3 Å². The first-order chi connectivity index (χ1) is 9.76. The first kappa shape index (κ1) is 16.5. The van der Waals surface area contributed by atoms with Gasteiger partial charge in [-0.05, 0) is 25.0 Å². The maximum Gasteiger partial charge on any atom is 0.220 e. The third-order valence-corrected chi connectivity index (χ3v) is 2.77. The summed E-state index contributed by atoms with van der Waals surface area (Å²) in [6, 6.07) is 9.38. The highest BCUT2D eigenvalue weighted by Crippen LogP contribution is 2.08. The molecule has 1 aromatic rings. The van der Waals surface area contributed by atoms with Gasteiger partial charge in [0.05, 0.1) is 19.3 Å². The molecule has 1 rings (SSSR count). The van der Waals surface area contributed by atoms with Crippen LogP contribution in [0, 0.1) is 0 Å². The van der Waals surface area contributed by atoms with Gasteiger partial charge in [-0.25, -0.2) is 0 Å². The van der Waals surface area contributed by atoms with Crippen molar-refractivity contribution < 1.29 is 19.4 Å². The molecule has 112 valence electrons. The number of benzene rings is 1. The predicted octanol–water partition coefficient (Wildman–Crippen LogP) is 1.36. The molecule has 0 bridgehead atoms. The third-order valence-electron chi connectivity index (χ3n) is 2.77. The Labute approximate surface area is 119 Å². The van der Waals surface area contributed by atoms with Crippen molar-refractivity contribution in [2.75, 3.05) is 26.9 Å². The summed E-state index contributed by atoms with van der Waals surface area (Å²) in [5, 5.41) is 11.7. The number of carbonyl (C=O) groups excluding carboxylic acids is 1. The number of amides is 1. The molecule has 0 spiro atoms. The molecular formula is C15H23NO4. The lowest BCUT2D eigenvalue weighted by molar-refractivity contribution is -0.122. The van der Waals surface area contributed by atoms with Crippen molar-refractivity contribution in [2.24, 2.45) is 0 Å². The Hall–Kier alpha value is -1.59. The quantitative estimate of drug-likeness (QED) is 0.635. The van der Waals surface area contributed by atoms with E-state index in [2.05, 4.69) is 5.32 Å². The highest BCUT2D eigenvalue weighted by atomic mass is 16.5.